The summed E-state index contributed by atoms with van der Waals surface area (Å²) >= 11 is 0. The Kier molecular flexibility index (Phi) is 3.06. The lowest BCUT2D eigenvalue weighted by Crippen LogP contribution is -1.91. The molecule has 12 heavy (non-hydrogen) atoms. The van der Waals surface area contributed by atoms with E-state index in [0.29, 0.717) is 12.1 Å². The maximum Gasteiger partial charge on any atom is 0.0991 e. The lowest BCUT2D eigenvalue weighted by atomic mass is 10.1. The Labute approximate surface area is 71.9 Å². The second-order valence-corrected chi connectivity index (χ2v) is 2.37. The first-order valence-electron chi connectivity index (χ1n) is 3.73. The van der Waals surface area contributed by atoms with Gasteiger partial charge in [0.2, 0.25) is 0 Å². The monoisotopic (exact) mass is 158 g/mol. The third-order valence-electron chi connectivity index (χ3n) is 1.49. The van der Waals surface area contributed by atoms with Crippen molar-refractivity contribution in [2.45, 2.75) is 0 Å². The van der Waals surface area contributed by atoms with Gasteiger partial charge in [-0.1, -0.05) is 24.3 Å². The van der Waals surface area contributed by atoms with Crippen LogP contribution in [0.15, 0.2) is 30.3 Å². The van der Waals surface area contributed by atoms with E-state index in [-0.39, 0.29) is 0 Å². The van der Waals surface area contributed by atoms with Crippen molar-refractivity contribution < 1.29 is 0 Å². The van der Waals surface area contributed by atoms with Gasteiger partial charge in [0.15, 0.2) is 0 Å². The van der Waals surface area contributed by atoms with Crippen molar-refractivity contribution in [1.82, 2.24) is 0 Å². The van der Waals surface area contributed by atoms with E-state index < -0.39 is 0 Å². The van der Waals surface area contributed by atoms with Gasteiger partial charge < -0.3 is 5.73 Å². The minimum atomic E-state index is 0.542. The number of nitrogens with zero attached hydrogens (tertiary/aromatic N) is 1. The molecule has 0 amide bonds. The molecule has 2 heteroatoms. The van der Waals surface area contributed by atoms with E-state index >= 15 is 0 Å². The quantitative estimate of drug-likeness (QED) is 0.709. The highest BCUT2D eigenvalue weighted by atomic mass is 14.5. The standard InChI is InChI=1S/C10H10N2/c11-7-1-2-9-3-5-10(8-12)6-4-9/h1-6H,7,11H2/b2-1+. The molecule has 1 rings (SSSR count). The van der Waals surface area contributed by atoms with Crippen LogP contribution in [0.5, 0.6) is 0 Å². The first kappa shape index (κ1) is 8.51. The summed E-state index contributed by atoms with van der Waals surface area (Å²) in [7, 11) is 0. The number of rotatable bonds is 2. The molecule has 2 N–H and O–H groups in total. The van der Waals surface area contributed by atoms with Crippen molar-refractivity contribution in [3.63, 3.8) is 0 Å². The number of nitrogens with two attached hydrogens (primary N) is 1. The van der Waals surface area contributed by atoms with Gasteiger partial charge in [0.05, 0.1) is 11.6 Å². The Balaban J connectivity index is 2.80. The third-order valence-corrected chi connectivity index (χ3v) is 1.49. The van der Waals surface area contributed by atoms with Gasteiger partial charge in [-0.15, -0.1) is 0 Å². The Bertz CT molecular complexity index is 304. The fraction of sp³-hybridized carbons (Fsp3) is 0.100. The summed E-state index contributed by atoms with van der Waals surface area (Å²) in [6.07, 6.45) is 3.81. The fourth-order valence-corrected chi connectivity index (χ4v) is 0.873. The Morgan fingerprint density at radius 2 is 2.00 bits per heavy atom. The molecule has 0 heterocycles. The molecule has 0 aliphatic carbocycles. The molecule has 2 nitrogen and oxygen atoms in total. The largest absolute Gasteiger partial charge is 0.327 e. The van der Waals surface area contributed by atoms with Crippen LogP contribution in [0.25, 0.3) is 6.08 Å². The van der Waals surface area contributed by atoms with Crippen LogP contribution in [-0.4, -0.2) is 6.54 Å². The van der Waals surface area contributed by atoms with Gasteiger partial charge in [-0.3, -0.25) is 0 Å². The summed E-state index contributed by atoms with van der Waals surface area (Å²) in [5.74, 6) is 0. The Hall–Kier alpha value is -1.59. The molecular formula is C10H10N2. The molecule has 0 saturated carbocycles. The van der Waals surface area contributed by atoms with Gasteiger partial charge in [0, 0.05) is 6.54 Å². The molecule has 60 valence electrons. The molecule has 1 aromatic carbocycles. The highest BCUT2D eigenvalue weighted by Crippen LogP contribution is 2.04. The van der Waals surface area contributed by atoms with E-state index in [0.717, 1.165) is 5.56 Å². The minimum absolute atomic E-state index is 0.542. The van der Waals surface area contributed by atoms with E-state index in [2.05, 4.69) is 6.07 Å². The lowest BCUT2D eigenvalue weighted by molar-refractivity contribution is 1.26. The van der Waals surface area contributed by atoms with Crippen LogP contribution in [-0.2, 0) is 0 Å². The van der Waals surface area contributed by atoms with E-state index in [4.69, 9.17) is 11.0 Å². The molecule has 0 atom stereocenters. The van der Waals surface area contributed by atoms with Crippen LogP contribution in [0.3, 0.4) is 0 Å². The van der Waals surface area contributed by atoms with E-state index in [1.807, 2.05) is 24.3 Å². The third kappa shape index (κ3) is 2.22. The second kappa shape index (κ2) is 4.32. The Morgan fingerprint density at radius 1 is 1.33 bits per heavy atom. The first-order chi connectivity index (χ1) is 5.86. The molecule has 0 saturated heterocycles. The van der Waals surface area contributed by atoms with Gasteiger partial charge >= 0.3 is 0 Å². The maximum atomic E-state index is 8.52. The second-order valence-electron chi connectivity index (χ2n) is 2.37. The lowest BCUT2D eigenvalue weighted by Gasteiger charge is -1.91. The topological polar surface area (TPSA) is 49.8 Å². The van der Waals surface area contributed by atoms with Crippen molar-refractivity contribution in [1.29, 1.82) is 5.26 Å². The smallest absolute Gasteiger partial charge is 0.0991 e. The van der Waals surface area contributed by atoms with Crippen LogP contribution in [0, 0.1) is 11.3 Å². The van der Waals surface area contributed by atoms with Gasteiger partial charge in [-0.05, 0) is 17.7 Å². The summed E-state index contributed by atoms with van der Waals surface area (Å²) in [4.78, 5) is 0. The van der Waals surface area contributed by atoms with Crippen molar-refractivity contribution in [2.24, 2.45) is 5.73 Å². The maximum absolute atomic E-state index is 8.52. The zero-order valence-corrected chi connectivity index (χ0v) is 6.70. The Morgan fingerprint density at radius 3 is 2.50 bits per heavy atom. The molecule has 1 aromatic rings. The van der Waals surface area contributed by atoms with E-state index in [1.54, 1.807) is 12.1 Å². The molecule has 0 unspecified atom stereocenters. The normalized spacial score (nSPS) is 10.0. The number of hydrogen-bond acceptors (Lipinski definition) is 2. The minimum Gasteiger partial charge on any atom is -0.327 e. The summed E-state index contributed by atoms with van der Waals surface area (Å²) in [5, 5.41) is 8.52. The summed E-state index contributed by atoms with van der Waals surface area (Å²) in [6, 6.07) is 9.42. The van der Waals surface area contributed by atoms with Gasteiger partial charge in [-0.25, -0.2) is 0 Å². The highest BCUT2D eigenvalue weighted by molar-refractivity contribution is 5.50. The van der Waals surface area contributed by atoms with Crippen molar-refractivity contribution in [2.75, 3.05) is 6.54 Å². The SMILES string of the molecule is N#Cc1ccc(/C=C/CN)cc1. The molecule has 0 aliphatic heterocycles. The molecule has 0 aliphatic rings. The molecular weight excluding hydrogens is 148 g/mol. The molecule has 0 bridgehead atoms. The van der Waals surface area contributed by atoms with Crippen molar-refractivity contribution in [3.05, 3.63) is 41.5 Å². The predicted molar refractivity (Wildman–Crippen MR) is 49.2 cm³/mol. The number of nitriles is 1. The summed E-state index contributed by atoms with van der Waals surface area (Å²) in [6.45, 7) is 0.542. The van der Waals surface area contributed by atoms with Crippen LogP contribution < -0.4 is 5.73 Å². The van der Waals surface area contributed by atoms with Gasteiger partial charge in [0.25, 0.3) is 0 Å². The first-order valence-corrected chi connectivity index (χ1v) is 3.73. The molecule has 0 aromatic heterocycles. The average molecular weight is 158 g/mol. The molecule has 0 spiro atoms. The number of hydrogen-bond donors (Lipinski definition) is 1. The van der Waals surface area contributed by atoms with Crippen LogP contribution in [0.4, 0.5) is 0 Å². The predicted octanol–water partition coefficient (Wildman–Crippen LogP) is 1.53. The molecule has 0 fully saturated rings. The van der Waals surface area contributed by atoms with Gasteiger partial charge in [0.1, 0.15) is 0 Å². The van der Waals surface area contributed by atoms with Gasteiger partial charge in [-0.2, -0.15) is 5.26 Å². The van der Waals surface area contributed by atoms with E-state index in [9.17, 15) is 0 Å². The van der Waals surface area contributed by atoms with E-state index in [1.165, 1.54) is 0 Å². The fourth-order valence-electron chi connectivity index (χ4n) is 0.873. The summed E-state index contributed by atoms with van der Waals surface area (Å²) < 4.78 is 0. The zero-order valence-electron chi connectivity index (χ0n) is 6.70. The van der Waals surface area contributed by atoms with Crippen molar-refractivity contribution in [3.8, 4) is 6.07 Å². The zero-order chi connectivity index (χ0) is 8.81. The van der Waals surface area contributed by atoms with Crippen LogP contribution in [0.1, 0.15) is 11.1 Å². The average Bonchev–Trinajstić information content (AvgIpc) is 2.15. The van der Waals surface area contributed by atoms with Crippen molar-refractivity contribution >= 4 is 6.08 Å². The van der Waals surface area contributed by atoms with Crippen LogP contribution in [0.2, 0.25) is 0 Å². The molecule has 0 radical (unpaired) electrons. The summed E-state index contributed by atoms with van der Waals surface area (Å²) in [5.41, 5.74) is 7.04. The highest BCUT2D eigenvalue weighted by Gasteiger charge is 1.87. The number of benzene rings is 1. The van der Waals surface area contributed by atoms with Crippen LogP contribution >= 0.6 is 0 Å².